The Bertz CT molecular complexity index is 726. The summed E-state index contributed by atoms with van der Waals surface area (Å²) in [6.45, 7) is 3.86. The molecule has 3 N–H and O–H groups in total. The number of hydrogen-bond donors (Lipinski definition) is 3. The number of rotatable bonds is 6. The van der Waals surface area contributed by atoms with E-state index in [1.54, 1.807) is 31.0 Å². The second-order valence-corrected chi connectivity index (χ2v) is 9.07. The Morgan fingerprint density at radius 1 is 1.41 bits per heavy atom. The van der Waals surface area contributed by atoms with E-state index in [0.717, 1.165) is 18.4 Å². The molecule has 1 unspecified atom stereocenters. The molecule has 2 rings (SSSR count). The SMILES string of the molecule is CN=C(NCC1CCN(S(C)(=O)=O)CC1)NCC(C)(O)c1cnn(C)c1.I. The average Bonchev–Trinajstić information content (AvgIpc) is 3.02. The first kappa shape index (κ1) is 24.1. The predicted molar refractivity (Wildman–Crippen MR) is 117 cm³/mol. The van der Waals surface area contributed by atoms with Crippen molar-refractivity contribution in [3.8, 4) is 0 Å². The van der Waals surface area contributed by atoms with Gasteiger partial charge in [-0.2, -0.15) is 5.10 Å². The van der Waals surface area contributed by atoms with Gasteiger partial charge in [0.05, 0.1) is 19.0 Å². The van der Waals surface area contributed by atoms with Gasteiger partial charge in [0, 0.05) is 45.5 Å². The van der Waals surface area contributed by atoms with E-state index >= 15 is 0 Å². The number of halogens is 1. The Balaban J connectivity index is 0.00000364. The molecule has 0 amide bonds. The van der Waals surface area contributed by atoms with E-state index in [9.17, 15) is 13.5 Å². The maximum Gasteiger partial charge on any atom is 0.211 e. The summed E-state index contributed by atoms with van der Waals surface area (Å²) in [7, 11) is 0.396. The third-order valence-corrected chi connectivity index (χ3v) is 6.05. The molecule has 1 fully saturated rings. The number of sulfonamides is 1. The molecule has 1 aliphatic rings. The highest BCUT2D eigenvalue weighted by molar-refractivity contribution is 14.0. The van der Waals surface area contributed by atoms with Crippen molar-refractivity contribution in [2.75, 3.05) is 39.5 Å². The molecule has 156 valence electrons. The number of nitrogens with zero attached hydrogens (tertiary/aromatic N) is 4. The van der Waals surface area contributed by atoms with Crippen LogP contribution in [-0.2, 0) is 22.7 Å². The van der Waals surface area contributed by atoms with E-state index in [0.29, 0.717) is 38.1 Å². The average molecular weight is 514 g/mol. The van der Waals surface area contributed by atoms with Crippen molar-refractivity contribution in [3.63, 3.8) is 0 Å². The van der Waals surface area contributed by atoms with Gasteiger partial charge in [0.1, 0.15) is 5.60 Å². The lowest BCUT2D eigenvalue weighted by atomic mass is 9.98. The van der Waals surface area contributed by atoms with E-state index in [1.165, 1.54) is 10.6 Å². The summed E-state index contributed by atoms with van der Waals surface area (Å²) in [5.74, 6) is 1.00. The van der Waals surface area contributed by atoms with Crippen LogP contribution in [0.1, 0.15) is 25.3 Å². The lowest BCUT2D eigenvalue weighted by Gasteiger charge is -2.30. The molecule has 1 saturated heterocycles. The number of hydrogen-bond acceptors (Lipinski definition) is 5. The zero-order chi connectivity index (χ0) is 19.4. The Morgan fingerprint density at radius 2 is 2.04 bits per heavy atom. The van der Waals surface area contributed by atoms with Crippen LogP contribution >= 0.6 is 24.0 Å². The van der Waals surface area contributed by atoms with E-state index in [1.807, 2.05) is 7.05 Å². The van der Waals surface area contributed by atoms with Crippen LogP contribution in [0.2, 0.25) is 0 Å². The summed E-state index contributed by atoms with van der Waals surface area (Å²) in [6, 6.07) is 0. The Morgan fingerprint density at radius 3 is 2.52 bits per heavy atom. The first-order chi connectivity index (χ1) is 12.1. The minimum Gasteiger partial charge on any atom is -0.383 e. The molecule has 1 aromatic heterocycles. The molecular weight excluding hydrogens is 483 g/mol. The zero-order valence-corrected chi connectivity index (χ0v) is 19.5. The molecule has 1 aromatic rings. The van der Waals surface area contributed by atoms with Crippen LogP contribution in [-0.4, -0.2) is 73.1 Å². The van der Waals surface area contributed by atoms with Crippen LogP contribution in [0.5, 0.6) is 0 Å². The molecule has 0 aromatic carbocycles. The first-order valence-corrected chi connectivity index (χ1v) is 10.6. The van der Waals surface area contributed by atoms with Gasteiger partial charge < -0.3 is 15.7 Å². The van der Waals surface area contributed by atoms with E-state index in [-0.39, 0.29) is 24.0 Å². The predicted octanol–water partition coefficient (Wildman–Crippen LogP) is 0.0822. The van der Waals surface area contributed by atoms with Crippen molar-refractivity contribution < 1.29 is 13.5 Å². The summed E-state index contributed by atoms with van der Waals surface area (Å²) in [6.07, 6.45) is 6.33. The van der Waals surface area contributed by atoms with Gasteiger partial charge in [0.15, 0.2) is 5.96 Å². The number of aliphatic hydroxyl groups is 1. The molecule has 1 aliphatic heterocycles. The number of aromatic nitrogens is 2. The molecule has 9 nitrogen and oxygen atoms in total. The Hall–Kier alpha value is -0.920. The fourth-order valence-electron chi connectivity index (χ4n) is 2.96. The normalized spacial score (nSPS) is 19.2. The summed E-state index contributed by atoms with van der Waals surface area (Å²) in [5.41, 5.74) is -0.330. The van der Waals surface area contributed by atoms with Gasteiger partial charge in [-0.3, -0.25) is 9.67 Å². The smallest absolute Gasteiger partial charge is 0.211 e. The molecule has 11 heteroatoms. The van der Waals surface area contributed by atoms with Crippen molar-refractivity contribution in [2.24, 2.45) is 18.0 Å². The first-order valence-electron chi connectivity index (χ1n) is 8.73. The monoisotopic (exact) mass is 514 g/mol. The van der Waals surface area contributed by atoms with Gasteiger partial charge in [0.2, 0.25) is 10.0 Å². The minimum absolute atomic E-state index is 0. The number of nitrogens with one attached hydrogen (secondary N) is 2. The third-order valence-electron chi connectivity index (χ3n) is 4.75. The highest BCUT2D eigenvalue weighted by Crippen LogP contribution is 2.19. The summed E-state index contributed by atoms with van der Waals surface area (Å²) in [4.78, 5) is 4.18. The van der Waals surface area contributed by atoms with Crippen LogP contribution in [0.15, 0.2) is 17.4 Å². The Kier molecular flexibility index (Phi) is 8.96. The van der Waals surface area contributed by atoms with Crippen molar-refractivity contribution in [1.82, 2.24) is 24.7 Å². The standard InChI is InChI=1S/C16H30N6O3S.HI/c1-16(23,14-10-20-21(3)11-14)12-19-15(17-2)18-9-13-5-7-22(8-6-13)26(4,24)25;/h10-11,13,23H,5-9,12H2,1-4H3,(H2,17,18,19);1H. The van der Waals surface area contributed by atoms with Crippen LogP contribution in [0.4, 0.5) is 0 Å². The van der Waals surface area contributed by atoms with Crippen molar-refractivity contribution in [1.29, 1.82) is 0 Å². The van der Waals surface area contributed by atoms with E-state index in [4.69, 9.17) is 0 Å². The molecule has 1 atom stereocenters. The molecular formula is C16H31IN6O3S. The van der Waals surface area contributed by atoms with Crippen molar-refractivity contribution >= 4 is 40.0 Å². The van der Waals surface area contributed by atoms with Gasteiger partial charge in [0.25, 0.3) is 0 Å². The van der Waals surface area contributed by atoms with E-state index < -0.39 is 15.6 Å². The van der Waals surface area contributed by atoms with Crippen LogP contribution in [0.25, 0.3) is 0 Å². The number of aliphatic imine (C=N–C) groups is 1. The maximum absolute atomic E-state index is 11.6. The van der Waals surface area contributed by atoms with Crippen LogP contribution in [0.3, 0.4) is 0 Å². The van der Waals surface area contributed by atoms with Crippen molar-refractivity contribution in [3.05, 3.63) is 18.0 Å². The van der Waals surface area contributed by atoms with Gasteiger partial charge in [-0.25, -0.2) is 12.7 Å². The molecule has 27 heavy (non-hydrogen) atoms. The van der Waals surface area contributed by atoms with E-state index in [2.05, 4.69) is 20.7 Å². The second kappa shape index (κ2) is 10.0. The summed E-state index contributed by atoms with van der Waals surface area (Å²) in [5, 5.41) is 21.1. The molecule has 0 radical (unpaired) electrons. The summed E-state index contributed by atoms with van der Waals surface area (Å²) < 4.78 is 26.3. The maximum atomic E-state index is 11.6. The lowest BCUT2D eigenvalue weighted by molar-refractivity contribution is 0.0616. The fraction of sp³-hybridized carbons (Fsp3) is 0.750. The van der Waals surface area contributed by atoms with Crippen molar-refractivity contribution in [2.45, 2.75) is 25.4 Å². The largest absolute Gasteiger partial charge is 0.383 e. The van der Waals surface area contributed by atoms with Gasteiger partial charge in [-0.05, 0) is 25.7 Å². The topological polar surface area (TPSA) is 112 Å². The highest BCUT2D eigenvalue weighted by atomic mass is 127. The molecule has 0 saturated carbocycles. The zero-order valence-electron chi connectivity index (χ0n) is 16.3. The van der Waals surface area contributed by atoms with Crippen LogP contribution in [0, 0.1) is 5.92 Å². The quantitative estimate of drug-likeness (QED) is 0.282. The molecule has 2 heterocycles. The number of aryl methyl sites for hydroxylation is 1. The summed E-state index contributed by atoms with van der Waals surface area (Å²) >= 11 is 0. The second-order valence-electron chi connectivity index (χ2n) is 7.09. The number of guanidine groups is 1. The minimum atomic E-state index is -3.09. The van der Waals surface area contributed by atoms with Gasteiger partial charge >= 0.3 is 0 Å². The highest BCUT2D eigenvalue weighted by Gasteiger charge is 2.26. The lowest BCUT2D eigenvalue weighted by Crippen LogP contribution is -2.47. The number of piperidine rings is 1. The van der Waals surface area contributed by atoms with Crippen LogP contribution < -0.4 is 10.6 Å². The molecule has 0 aliphatic carbocycles. The van der Waals surface area contributed by atoms with Gasteiger partial charge in [-0.15, -0.1) is 24.0 Å². The third kappa shape index (κ3) is 7.20. The molecule has 0 bridgehead atoms. The van der Waals surface area contributed by atoms with Gasteiger partial charge in [-0.1, -0.05) is 0 Å². The molecule has 0 spiro atoms. The Labute approximate surface area is 178 Å². The fourth-order valence-corrected chi connectivity index (χ4v) is 3.84.